The Morgan fingerprint density at radius 1 is 0.833 bits per heavy atom. The van der Waals surface area contributed by atoms with Gasteiger partial charge in [0.1, 0.15) is 11.6 Å². The van der Waals surface area contributed by atoms with Gasteiger partial charge in [0, 0.05) is 25.7 Å². The van der Waals surface area contributed by atoms with Crippen molar-refractivity contribution in [1.29, 1.82) is 0 Å². The van der Waals surface area contributed by atoms with Gasteiger partial charge in [0.25, 0.3) is 0 Å². The van der Waals surface area contributed by atoms with Crippen LogP contribution in [0.15, 0.2) is 0 Å². The van der Waals surface area contributed by atoms with E-state index in [2.05, 4.69) is 20.8 Å². The molecule has 0 aromatic rings. The first-order valence-corrected chi connectivity index (χ1v) is 6.80. The fourth-order valence-corrected chi connectivity index (χ4v) is 1.15. The van der Waals surface area contributed by atoms with E-state index in [1.165, 1.54) is 0 Å². The molecule has 18 heavy (non-hydrogen) atoms. The Hall–Kier alpha value is -0.660. The van der Waals surface area contributed by atoms with Crippen molar-refractivity contribution >= 4 is 11.6 Å². The first kappa shape index (κ1) is 22.5. The Morgan fingerprint density at radius 3 is 1.44 bits per heavy atom. The molecule has 2 nitrogen and oxygen atoms in total. The van der Waals surface area contributed by atoms with Crippen LogP contribution in [-0.2, 0) is 9.59 Å². The lowest BCUT2D eigenvalue weighted by atomic mass is 9.89. The minimum Gasteiger partial charge on any atom is -0.300 e. The SMILES string of the molecule is C.CCC(=O)CCC(C)(C)C.CCCC(=O)CC. The van der Waals surface area contributed by atoms with Crippen LogP contribution >= 0.6 is 0 Å². The molecule has 110 valence electrons. The third-order valence-corrected chi connectivity index (χ3v) is 2.47. The minimum absolute atomic E-state index is 0. The molecule has 0 fully saturated rings. The van der Waals surface area contributed by atoms with Crippen LogP contribution in [0.1, 0.15) is 87.5 Å². The third kappa shape index (κ3) is 20.7. The zero-order valence-corrected chi connectivity index (χ0v) is 12.6. The second-order valence-electron chi connectivity index (χ2n) is 5.60. The average Bonchev–Trinajstić information content (AvgIpc) is 2.26. The molecule has 0 aliphatic heterocycles. The predicted octanol–water partition coefficient (Wildman–Crippen LogP) is 5.19. The third-order valence-electron chi connectivity index (χ3n) is 2.47. The molecule has 0 rings (SSSR count). The predicted molar refractivity (Wildman–Crippen MR) is 80.9 cm³/mol. The van der Waals surface area contributed by atoms with Gasteiger partial charge in [0.15, 0.2) is 0 Å². The zero-order valence-electron chi connectivity index (χ0n) is 12.6. The maximum atomic E-state index is 10.9. The molecule has 2 heteroatoms. The number of ketones is 2. The second kappa shape index (κ2) is 12.8. The summed E-state index contributed by atoms with van der Waals surface area (Å²) in [5, 5.41) is 0. The molecule has 0 aliphatic carbocycles. The first-order valence-electron chi connectivity index (χ1n) is 6.80. The molecule has 0 aromatic heterocycles. The highest BCUT2D eigenvalue weighted by Gasteiger charge is 2.11. The molecule has 0 spiro atoms. The first-order chi connectivity index (χ1) is 7.76. The maximum absolute atomic E-state index is 10.9. The Kier molecular flexibility index (Phi) is 16.0. The fraction of sp³-hybridized carbons (Fsp3) is 0.875. The number of carbonyl (C=O) groups excluding carboxylic acids is 2. The molecule has 0 saturated carbocycles. The van der Waals surface area contributed by atoms with Crippen molar-refractivity contribution in [3.8, 4) is 0 Å². The van der Waals surface area contributed by atoms with Crippen molar-refractivity contribution in [1.82, 2.24) is 0 Å². The molecule has 0 saturated heterocycles. The Bertz CT molecular complexity index is 212. The van der Waals surface area contributed by atoms with Gasteiger partial charge in [-0.2, -0.15) is 0 Å². The second-order valence-corrected chi connectivity index (χ2v) is 5.60. The average molecular weight is 258 g/mol. The van der Waals surface area contributed by atoms with Gasteiger partial charge in [0.2, 0.25) is 0 Å². The summed E-state index contributed by atoms with van der Waals surface area (Å²) < 4.78 is 0. The highest BCUT2D eigenvalue weighted by atomic mass is 16.1. The smallest absolute Gasteiger partial charge is 0.132 e. The molecule has 0 atom stereocenters. The summed E-state index contributed by atoms with van der Waals surface area (Å²) in [5.74, 6) is 0.762. The minimum atomic E-state index is 0. The lowest BCUT2D eigenvalue weighted by molar-refractivity contribution is -0.119. The van der Waals surface area contributed by atoms with E-state index in [1.54, 1.807) is 0 Å². The summed E-state index contributed by atoms with van der Waals surface area (Å²) in [6, 6.07) is 0. The molecule has 0 aromatic carbocycles. The fourth-order valence-electron chi connectivity index (χ4n) is 1.15. The Morgan fingerprint density at radius 2 is 1.22 bits per heavy atom. The van der Waals surface area contributed by atoms with Gasteiger partial charge >= 0.3 is 0 Å². The van der Waals surface area contributed by atoms with Crippen LogP contribution in [0.2, 0.25) is 0 Å². The number of Topliss-reactive ketones (excluding diaryl/α,β-unsaturated/α-hetero) is 2. The van der Waals surface area contributed by atoms with E-state index in [-0.39, 0.29) is 7.43 Å². The highest BCUT2D eigenvalue weighted by Crippen LogP contribution is 2.20. The van der Waals surface area contributed by atoms with Crippen LogP contribution in [-0.4, -0.2) is 11.6 Å². The number of rotatable bonds is 6. The zero-order chi connectivity index (χ0) is 13.9. The van der Waals surface area contributed by atoms with Crippen LogP contribution in [0.3, 0.4) is 0 Å². The Labute approximate surface area is 115 Å². The molecule has 0 radical (unpaired) electrons. The van der Waals surface area contributed by atoms with Gasteiger partial charge in [-0.1, -0.05) is 49.0 Å². The van der Waals surface area contributed by atoms with E-state index >= 15 is 0 Å². The van der Waals surface area contributed by atoms with Crippen LogP contribution in [0.4, 0.5) is 0 Å². The number of hydrogen-bond acceptors (Lipinski definition) is 2. The topological polar surface area (TPSA) is 34.1 Å². The van der Waals surface area contributed by atoms with Gasteiger partial charge < -0.3 is 0 Å². The summed E-state index contributed by atoms with van der Waals surface area (Å²) >= 11 is 0. The summed E-state index contributed by atoms with van der Waals surface area (Å²) in [6.07, 6.45) is 4.91. The summed E-state index contributed by atoms with van der Waals surface area (Å²) in [4.78, 5) is 21.3. The number of carbonyl (C=O) groups is 2. The molecular formula is C16H34O2. The largest absolute Gasteiger partial charge is 0.300 e. The molecule has 0 N–H and O–H groups in total. The van der Waals surface area contributed by atoms with Crippen molar-refractivity contribution in [2.45, 2.75) is 87.5 Å². The van der Waals surface area contributed by atoms with Crippen LogP contribution < -0.4 is 0 Å². The van der Waals surface area contributed by atoms with Gasteiger partial charge in [-0.15, -0.1) is 0 Å². The van der Waals surface area contributed by atoms with E-state index in [4.69, 9.17) is 0 Å². The molecule has 0 unspecified atom stereocenters. The molecule has 0 heterocycles. The van der Waals surface area contributed by atoms with Gasteiger partial charge in [-0.05, 0) is 18.3 Å². The van der Waals surface area contributed by atoms with E-state index in [9.17, 15) is 9.59 Å². The monoisotopic (exact) mass is 258 g/mol. The molecular weight excluding hydrogens is 224 g/mol. The van der Waals surface area contributed by atoms with E-state index in [1.807, 2.05) is 20.8 Å². The van der Waals surface area contributed by atoms with E-state index in [0.29, 0.717) is 29.8 Å². The lowest BCUT2D eigenvalue weighted by Crippen LogP contribution is -2.07. The van der Waals surface area contributed by atoms with Gasteiger partial charge in [-0.3, -0.25) is 9.59 Å². The summed E-state index contributed by atoms with van der Waals surface area (Å²) in [5.41, 5.74) is 0.310. The Balaban J connectivity index is -0.000000251. The van der Waals surface area contributed by atoms with Crippen molar-refractivity contribution in [2.75, 3.05) is 0 Å². The van der Waals surface area contributed by atoms with Crippen LogP contribution in [0, 0.1) is 5.41 Å². The van der Waals surface area contributed by atoms with Crippen LogP contribution in [0.25, 0.3) is 0 Å². The normalized spacial score (nSPS) is 9.89. The lowest BCUT2D eigenvalue weighted by Gasteiger charge is -2.16. The van der Waals surface area contributed by atoms with E-state index < -0.39 is 0 Å². The van der Waals surface area contributed by atoms with Gasteiger partial charge in [-0.25, -0.2) is 0 Å². The standard InChI is InChI=1S/C9H18O.C6H12O.CH4/c1-5-8(10)6-7-9(2,3)4;1-3-5-6(7)4-2;/h5-7H2,1-4H3;3-5H2,1-2H3;1H4. The van der Waals surface area contributed by atoms with Crippen molar-refractivity contribution in [3.05, 3.63) is 0 Å². The maximum Gasteiger partial charge on any atom is 0.132 e. The van der Waals surface area contributed by atoms with E-state index in [0.717, 1.165) is 25.7 Å². The molecule has 0 amide bonds. The molecule has 0 aliphatic rings. The van der Waals surface area contributed by atoms with Crippen molar-refractivity contribution < 1.29 is 9.59 Å². The number of hydrogen-bond donors (Lipinski definition) is 0. The summed E-state index contributed by atoms with van der Waals surface area (Å²) in [6.45, 7) is 12.3. The van der Waals surface area contributed by atoms with Crippen molar-refractivity contribution in [3.63, 3.8) is 0 Å². The summed E-state index contributed by atoms with van der Waals surface area (Å²) in [7, 11) is 0. The molecule has 0 bridgehead atoms. The quantitative estimate of drug-likeness (QED) is 0.656. The van der Waals surface area contributed by atoms with Gasteiger partial charge in [0.05, 0.1) is 0 Å². The van der Waals surface area contributed by atoms with Crippen LogP contribution in [0.5, 0.6) is 0 Å². The van der Waals surface area contributed by atoms with Crippen molar-refractivity contribution in [2.24, 2.45) is 5.41 Å². The highest BCUT2D eigenvalue weighted by molar-refractivity contribution is 5.78.